The van der Waals surface area contributed by atoms with Crippen molar-refractivity contribution in [2.45, 2.75) is 25.1 Å². The van der Waals surface area contributed by atoms with Crippen LogP contribution in [-0.2, 0) is 12.6 Å². The maximum atomic E-state index is 13.5. The monoisotopic (exact) mass is 371 g/mol. The second-order valence-electron chi connectivity index (χ2n) is 5.72. The molecule has 3 heterocycles. The van der Waals surface area contributed by atoms with Gasteiger partial charge in [0.2, 0.25) is 5.60 Å². The van der Waals surface area contributed by atoms with Crippen LogP contribution in [0, 0.1) is 6.92 Å². The van der Waals surface area contributed by atoms with E-state index in [1.807, 2.05) is 12.3 Å². The number of nitrogens with zero attached hydrogens (tertiary/aromatic N) is 4. The molecule has 6 nitrogen and oxygen atoms in total. The zero-order chi connectivity index (χ0) is 18.2. The van der Waals surface area contributed by atoms with Crippen molar-refractivity contribution in [3.63, 3.8) is 0 Å². The molecule has 0 amide bonds. The number of aryl methyl sites for hydroxylation is 2. The lowest BCUT2D eigenvalue weighted by Crippen LogP contribution is -2.45. The highest BCUT2D eigenvalue weighted by molar-refractivity contribution is 7.18. The van der Waals surface area contributed by atoms with Gasteiger partial charge in [-0.25, -0.2) is 15.0 Å². The summed E-state index contributed by atoms with van der Waals surface area (Å²) in [4.78, 5) is 11.9. The third-order valence-electron chi connectivity index (χ3n) is 3.97. The highest BCUT2D eigenvalue weighted by Gasteiger charge is 2.57. The van der Waals surface area contributed by atoms with Gasteiger partial charge in [-0.05, 0) is 17.9 Å². The first-order valence-electron chi connectivity index (χ1n) is 7.43. The molecule has 0 aliphatic rings. The van der Waals surface area contributed by atoms with Gasteiger partial charge < -0.3 is 15.0 Å². The molecule has 0 spiro atoms. The van der Waals surface area contributed by atoms with Crippen molar-refractivity contribution in [3.05, 3.63) is 35.5 Å². The van der Waals surface area contributed by atoms with Crippen LogP contribution in [0.4, 0.5) is 19.0 Å². The average Bonchev–Trinajstić information content (AvgIpc) is 3.13. The highest BCUT2D eigenvalue weighted by Crippen LogP contribution is 2.40. The van der Waals surface area contributed by atoms with Gasteiger partial charge in [-0.2, -0.15) is 13.2 Å². The molecule has 0 aliphatic heterocycles. The Morgan fingerprint density at radius 3 is 2.68 bits per heavy atom. The van der Waals surface area contributed by atoms with Gasteiger partial charge in [0.05, 0.1) is 10.2 Å². The van der Waals surface area contributed by atoms with Crippen LogP contribution in [0.25, 0.3) is 10.2 Å². The molecule has 0 radical (unpaired) electrons. The topological polar surface area (TPSA) is 75.9 Å². The second-order valence-corrected chi connectivity index (χ2v) is 6.59. The first-order chi connectivity index (χ1) is 11.7. The number of imidazole rings is 1. The Bertz CT molecular complexity index is 891. The number of aromatic nitrogens is 4. The van der Waals surface area contributed by atoms with Crippen LogP contribution in [0.3, 0.4) is 0 Å². The van der Waals surface area contributed by atoms with E-state index in [2.05, 4.69) is 20.3 Å². The van der Waals surface area contributed by atoms with Crippen LogP contribution in [0.15, 0.2) is 24.1 Å². The minimum absolute atomic E-state index is 0.133. The molecule has 25 heavy (non-hydrogen) atoms. The number of hydrogen-bond acceptors (Lipinski definition) is 6. The number of fused-ring (bicyclic) bond motifs is 1. The fourth-order valence-corrected chi connectivity index (χ4v) is 3.57. The number of hydrogen-bond donors (Lipinski definition) is 2. The fraction of sp³-hybridized carbons (Fsp3) is 0.400. The van der Waals surface area contributed by atoms with Crippen LogP contribution in [0.1, 0.15) is 17.8 Å². The molecular weight excluding hydrogens is 355 g/mol. The van der Waals surface area contributed by atoms with E-state index in [1.54, 1.807) is 0 Å². The van der Waals surface area contributed by atoms with Crippen LogP contribution in [0.5, 0.6) is 0 Å². The smallest absolute Gasteiger partial charge is 0.374 e. The largest absolute Gasteiger partial charge is 0.424 e. The summed E-state index contributed by atoms with van der Waals surface area (Å²) in [6.07, 6.45) is -1.51. The molecule has 3 aromatic heterocycles. The molecule has 0 aromatic carbocycles. The Labute approximate surface area is 145 Å². The molecule has 1 unspecified atom stereocenters. The SMILES string of the molecule is Cc1csc2c(NCCC(O)(c3nccn3C)C(F)(F)F)ncnc12. The van der Waals surface area contributed by atoms with Crippen LogP contribution < -0.4 is 5.32 Å². The van der Waals surface area contributed by atoms with E-state index < -0.39 is 24.0 Å². The van der Waals surface area contributed by atoms with Gasteiger partial charge in [-0.3, -0.25) is 0 Å². The molecule has 3 aromatic rings. The standard InChI is InChI=1S/C15H16F3N5OS/c1-9-7-25-11-10(9)21-8-22-12(11)19-4-3-14(24,15(16,17)18)13-20-5-6-23(13)2/h5-8,24H,3-4H2,1-2H3,(H,19,21,22). The minimum Gasteiger partial charge on any atom is -0.374 e. The van der Waals surface area contributed by atoms with Crippen LogP contribution >= 0.6 is 11.3 Å². The summed E-state index contributed by atoms with van der Waals surface area (Å²) in [5.41, 5.74) is -1.31. The second kappa shape index (κ2) is 6.26. The number of halogens is 3. The lowest BCUT2D eigenvalue weighted by Gasteiger charge is -2.30. The van der Waals surface area contributed by atoms with Crippen molar-refractivity contribution in [1.82, 2.24) is 19.5 Å². The van der Waals surface area contributed by atoms with Gasteiger partial charge >= 0.3 is 6.18 Å². The average molecular weight is 371 g/mol. The van der Waals surface area contributed by atoms with Gasteiger partial charge in [0, 0.05) is 32.4 Å². The third kappa shape index (κ3) is 3.07. The number of alkyl halides is 3. The number of aliphatic hydroxyl groups is 1. The number of anilines is 1. The van der Waals surface area contributed by atoms with Crippen LogP contribution in [-0.4, -0.2) is 37.3 Å². The van der Waals surface area contributed by atoms with Gasteiger partial charge in [0.15, 0.2) is 0 Å². The summed E-state index contributed by atoms with van der Waals surface area (Å²) in [7, 11) is 1.41. The molecule has 134 valence electrons. The van der Waals surface area contributed by atoms with E-state index >= 15 is 0 Å². The van der Waals surface area contributed by atoms with Crippen molar-refractivity contribution >= 4 is 27.4 Å². The molecule has 0 bridgehead atoms. The van der Waals surface area contributed by atoms with Crippen molar-refractivity contribution in [3.8, 4) is 0 Å². The van der Waals surface area contributed by atoms with E-state index in [-0.39, 0.29) is 6.54 Å². The fourth-order valence-electron chi connectivity index (χ4n) is 2.60. The zero-order valence-corrected chi connectivity index (χ0v) is 14.3. The first kappa shape index (κ1) is 17.6. The van der Waals surface area contributed by atoms with Gasteiger partial charge in [-0.1, -0.05) is 0 Å². The quantitative estimate of drug-likeness (QED) is 0.721. The van der Waals surface area contributed by atoms with Crippen molar-refractivity contribution in [1.29, 1.82) is 0 Å². The first-order valence-corrected chi connectivity index (χ1v) is 8.31. The molecule has 1 atom stereocenters. The molecule has 10 heteroatoms. The predicted molar refractivity (Wildman–Crippen MR) is 88.4 cm³/mol. The number of rotatable bonds is 5. The highest BCUT2D eigenvalue weighted by atomic mass is 32.1. The lowest BCUT2D eigenvalue weighted by molar-refractivity contribution is -0.271. The van der Waals surface area contributed by atoms with Crippen LogP contribution in [0.2, 0.25) is 0 Å². The maximum Gasteiger partial charge on any atom is 0.424 e. The van der Waals surface area contributed by atoms with E-state index in [0.717, 1.165) is 15.8 Å². The van der Waals surface area contributed by atoms with E-state index in [0.29, 0.717) is 5.82 Å². The summed E-state index contributed by atoms with van der Waals surface area (Å²) in [5, 5.41) is 15.1. The summed E-state index contributed by atoms with van der Waals surface area (Å²) < 4.78 is 42.4. The lowest BCUT2D eigenvalue weighted by atomic mass is 9.97. The zero-order valence-electron chi connectivity index (χ0n) is 13.5. The number of nitrogens with one attached hydrogen (secondary N) is 1. The predicted octanol–water partition coefficient (Wildman–Crippen LogP) is 2.99. The Morgan fingerprint density at radius 1 is 1.28 bits per heavy atom. The molecule has 2 N–H and O–H groups in total. The molecule has 3 rings (SSSR count). The van der Waals surface area contributed by atoms with Gasteiger partial charge in [-0.15, -0.1) is 11.3 Å². The molecular formula is C15H16F3N5OS. The molecule has 0 saturated carbocycles. The summed E-state index contributed by atoms with van der Waals surface area (Å²) in [5.74, 6) is 0.00840. The summed E-state index contributed by atoms with van der Waals surface area (Å²) >= 11 is 1.42. The maximum absolute atomic E-state index is 13.5. The Morgan fingerprint density at radius 2 is 2.04 bits per heavy atom. The molecule has 0 aliphatic carbocycles. The van der Waals surface area contributed by atoms with Crippen molar-refractivity contribution in [2.75, 3.05) is 11.9 Å². The van der Waals surface area contributed by atoms with Crippen molar-refractivity contribution in [2.24, 2.45) is 7.05 Å². The Kier molecular flexibility index (Phi) is 4.41. The van der Waals surface area contributed by atoms with Gasteiger partial charge in [0.1, 0.15) is 18.0 Å². The molecule has 0 saturated heterocycles. The van der Waals surface area contributed by atoms with Crippen molar-refractivity contribution < 1.29 is 18.3 Å². The third-order valence-corrected chi connectivity index (χ3v) is 5.06. The van der Waals surface area contributed by atoms with E-state index in [4.69, 9.17) is 0 Å². The number of thiophene rings is 1. The van der Waals surface area contributed by atoms with E-state index in [9.17, 15) is 18.3 Å². The van der Waals surface area contributed by atoms with E-state index in [1.165, 1.54) is 41.7 Å². The minimum atomic E-state index is -4.85. The Hall–Kier alpha value is -2.20. The Balaban J connectivity index is 1.82. The summed E-state index contributed by atoms with van der Waals surface area (Å²) in [6.45, 7) is 1.77. The molecule has 0 fully saturated rings. The normalized spacial score (nSPS) is 14.6. The van der Waals surface area contributed by atoms with Gasteiger partial charge in [0.25, 0.3) is 0 Å². The summed E-state index contributed by atoms with van der Waals surface area (Å²) in [6, 6.07) is 0.